The van der Waals surface area contributed by atoms with Gasteiger partial charge < -0.3 is 25.4 Å². The number of carbonyl (C=O) groups is 2. The summed E-state index contributed by atoms with van der Waals surface area (Å²) < 4.78 is 11.0. The van der Waals surface area contributed by atoms with Crippen LogP contribution < -0.4 is 20.7 Å². The predicted octanol–water partition coefficient (Wildman–Crippen LogP) is 2.90. The van der Waals surface area contributed by atoms with Crippen LogP contribution >= 0.6 is 23.1 Å². The summed E-state index contributed by atoms with van der Waals surface area (Å²) in [4.78, 5) is 24.1. The third kappa shape index (κ3) is 5.39. The molecule has 2 amide bonds. The number of aromatic nitrogens is 2. The van der Waals surface area contributed by atoms with Crippen molar-refractivity contribution >= 4 is 45.9 Å². The monoisotopic (exact) mass is 435 g/mol. The number of benzene rings is 1. The zero-order valence-corrected chi connectivity index (χ0v) is 17.8. The fraction of sp³-hybridized carbons (Fsp3) is 0.333. The Bertz CT molecular complexity index is 913. The zero-order chi connectivity index (χ0) is 20.8. The largest absolute Gasteiger partial charge is 0.497 e. The molecule has 0 saturated heterocycles. The molecule has 1 aromatic carbocycles. The lowest BCUT2D eigenvalue weighted by Gasteiger charge is -2.26. The van der Waals surface area contributed by atoms with E-state index in [4.69, 9.17) is 9.47 Å². The van der Waals surface area contributed by atoms with Gasteiger partial charge in [0.15, 0.2) is 4.34 Å². The molecule has 2 aromatic rings. The van der Waals surface area contributed by atoms with E-state index in [0.717, 1.165) is 11.4 Å². The molecule has 0 fully saturated rings. The van der Waals surface area contributed by atoms with Gasteiger partial charge in [0.05, 0.1) is 25.3 Å². The summed E-state index contributed by atoms with van der Waals surface area (Å²) in [5.41, 5.74) is 1.80. The highest BCUT2D eigenvalue weighted by Gasteiger charge is 2.29. The minimum atomic E-state index is -0.442. The first-order valence-corrected chi connectivity index (χ1v) is 10.7. The smallest absolute Gasteiger partial charge is 0.337 e. The van der Waals surface area contributed by atoms with E-state index in [-0.39, 0.29) is 12.6 Å². The van der Waals surface area contributed by atoms with E-state index in [9.17, 15) is 9.59 Å². The minimum Gasteiger partial charge on any atom is -0.497 e. The lowest BCUT2D eigenvalue weighted by molar-refractivity contribution is -0.138. The highest BCUT2D eigenvalue weighted by molar-refractivity contribution is 8.01. The van der Waals surface area contributed by atoms with Crippen LogP contribution in [0.3, 0.4) is 0 Å². The Morgan fingerprint density at radius 1 is 1.31 bits per heavy atom. The molecular weight excluding hydrogens is 414 g/mol. The Hall–Kier alpha value is -2.79. The van der Waals surface area contributed by atoms with E-state index in [1.165, 1.54) is 23.1 Å². The molecule has 0 radical (unpaired) electrons. The number of amides is 2. The second kappa shape index (κ2) is 9.61. The van der Waals surface area contributed by atoms with Gasteiger partial charge in [0.1, 0.15) is 5.75 Å². The Morgan fingerprint density at radius 2 is 2.07 bits per heavy atom. The van der Waals surface area contributed by atoms with Gasteiger partial charge in [-0.2, -0.15) is 0 Å². The summed E-state index contributed by atoms with van der Waals surface area (Å²) in [5.74, 6) is 0.693. The molecule has 11 heteroatoms. The second-order valence-corrected chi connectivity index (χ2v) is 8.15. The van der Waals surface area contributed by atoms with Crippen molar-refractivity contribution in [1.29, 1.82) is 0 Å². The van der Waals surface area contributed by atoms with E-state index in [2.05, 4.69) is 26.1 Å². The third-order valence-corrected chi connectivity index (χ3v) is 5.95. The van der Waals surface area contributed by atoms with Crippen LogP contribution in [0.4, 0.5) is 15.6 Å². The first-order chi connectivity index (χ1) is 14.0. The maximum absolute atomic E-state index is 12.3. The highest BCUT2D eigenvalue weighted by Crippen LogP contribution is 2.30. The molecule has 3 N–H and O–H groups in total. The minimum absolute atomic E-state index is 0.264. The molecule has 0 spiro atoms. The van der Waals surface area contributed by atoms with E-state index in [0.29, 0.717) is 26.5 Å². The van der Waals surface area contributed by atoms with Crippen molar-refractivity contribution in [2.45, 2.75) is 24.2 Å². The summed E-state index contributed by atoms with van der Waals surface area (Å²) in [7, 11) is 1.62. The number of anilines is 2. The summed E-state index contributed by atoms with van der Waals surface area (Å²) in [6.07, 6.45) is 0. The lowest BCUT2D eigenvalue weighted by Crippen LogP contribution is -2.49. The van der Waals surface area contributed by atoms with E-state index >= 15 is 0 Å². The Kier molecular flexibility index (Phi) is 6.94. The van der Waals surface area contributed by atoms with Gasteiger partial charge in [0, 0.05) is 17.1 Å². The lowest BCUT2D eigenvalue weighted by atomic mass is 10.1. The first-order valence-electron chi connectivity index (χ1n) is 8.85. The molecule has 3 rings (SSSR count). The number of esters is 1. The molecule has 1 atom stereocenters. The fourth-order valence-electron chi connectivity index (χ4n) is 2.64. The van der Waals surface area contributed by atoms with Gasteiger partial charge in [-0.15, -0.1) is 10.2 Å². The zero-order valence-electron chi connectivity index (χ0n) is 16.1. The van der Waals surface area contributed by atoms with Crippen LogP contribution in [0, 0.1) is 0 Å². The van der Waals surface area contributed by atoms with E-state index in [1.807, 2.05) is 24.3 Å². The summed E-state index contributed by atoms with van der Waals surface area (Å²) in [6, 6.07) is 6.69. The number of methoxy groups -OCH3 is 1. The standard InChI is InChI=1S/C18H21N5O4S2/c1-4-27-15(24)14-10(2)19-16(25)21-13(14)9-28-18-23-22-17(29-18)20-11-5-7-12(26-3)8-6-11/h5-8,10H,4,9H2,1-3H3,(H,20,22)(H2,19,21,25). The number of ether oxygens (including phenoxy) is 2. The molecule has 0 aliphatic carbocycles. The molecule has 9 nitrogen and oxygen atoms in total. The van der Waals surface area contributed by atoms with Crippen LogP contribution in [0.15, 0.2) is 39.9 Å². The van der Waals surface area contributed by atoms with Gasteiger partial charge in [-0.25, -0.2) is 9.59 Å². The number of urea groups is 1. The number of rotatable bonds is 8. The molecule has 1 aliphatic rings. The van der Waals surface area contributed by atoms with Crippen molar-refractivity contribution in [3.05, 3.63) is 35.5 Å². The van der Waals surface area contributed by atoms with Gasteiger partial charge in [-0.05, 0) is 38.1 Å². The second-order valence-electron chi connectivity index (χ2n) is 5.95. The highest BCUT2D eigenvalue weighted by atomic mass is 32.2. The molecule has 1 aliphatic heterocycles. The quantitative estimate of drug-likeness (QED) is 0.428. The van der Waals surface area contributed by atoms with Crippen LogP contribution in [0.2, 0.25) is 0 Å². The average molecular weight is 436 g/mol. The first kappa shape index (κ1) is 20.9. The average Bonchev–Trinajstić information content (AvgIpc) is 3.14. The van der Waals surface area contributed by atoms with Crippen molar-refractivity contribution < 1.29 is 19.1 Å². The molecule has 0 bridgehead atoms. The molecule has 154 valence electrons. The molecule has 0 saturated carbocycles. The number of nitrogens with zero attached hydrogens (tertiary/aromatic N) is 2. The summed E-state index contributed by atoms with van der Waals surface area (Å²) in [5, 5.41) is 17.5. The Morgan fingerprint density at radius 3 is 2.76 bits per heavy atom. The van der Waals surface area contributed by atoms with Crippen LogP contribution in [-0.4, -0.2) is 47.7 Å². The number of nitrogens with one attached hydrogen (secondary N) is 3. The Labute approximate surface area is 176 Å². The van der Waals surface area contributed by atoms with Crippen molar-refractivity contribution in [1.82, 2.24) is 20.8 Å². The van der Waals surface area contributed by atoms with Crippen molar-refractivity contribution in [2.75, 3.05) is 24.8 Å². The number of thioether (sulfide) groups is 1. The SMILES string of the molecule is CCOC(=O)C1=C(CSc2nnc(Nc3ccc(OC)cc3)s2)NC(=O)NC1C. The summed E-state index contributed by atoms with van der Waals surface area (Å²) >= 11 is 2.76. The molecule has 1 aromatic heterocycles. The predicted molar refractivity (Wildman–Crippen MR) is 112 cm³/mol. The molecule has 2 heterocycles. The van der Waals surface area contributed by atoms with Crippen molar-refractivity contribution in [2.24, 2.45) is 0 Å². The Balaban J connectivity index is 1.67. The third-order valence-electron chi connectivity index (χ3n) is 3.95. The maximum Gasteiger partial charge on any atom is 0.337 e. The normalized spacial score (nSPS) is 16.1. The van der Waals surface area contributed by atoms with Crippen LogP contribution in [0.25, 0.3) is 0 Å². The van der Waals surface area contributed by atoms with Crippen molar-refractivity contribution in [3.8, 4) is 5.75 Å². The fourth-order valence-corrected chi connectivity index (χ4v) is 4.38. The molecule has 29 heavy (non-hydrogen) atoms. The molecule has 1 unspecified atom stereocenters. The van der Waals surface area contributed by atoms with Gasteiger partial charge in [0.2, 0.25) is 5.13 Å². The number of hydrogen-bond donors (Lipinski definition) is 3. The number of hydrogen-bond acceptors (Lipinski definition) is 9. The van der Waals surface area contributed by atoms with Crippen LogP contribution in [0.1, 0.15) is 13.8 Å². The van der Waals surface area contributed by atoms with Gasteiger partial charge in [0.25, 0.3) is 0 Å². The van der Waals surface area contributed by atoms with E-state index < -0.39 is 12.0 Å². The van der Waals surface area contributed by atoms with Gasteiger partial charge >= 0.3 is 12.0 Å². The van der Waals surface area contributed by atoms with Gasteiger partial charge in [-0.3, -0.25) is 0 Å². The van der Waals surface area contributed by atoms with Gasteiger partial charge in [-0.1, -0.05) is 23.1 Å². The van der Waals surface area contributed by atoms with E-state index in [1.54, 1.807) is 21.0 Å². The maximum atomic E-state index is 12.3. The number of carbonyl (C=O) groups excluding carboxylic acids is 2. The topological polar surface area (TPSA) is 114 Å². The van der Waals surface area contributed by atoms with Crippen LogP contribution in [-0.2, 0) is 9.53 Å². The summed E-state index contributed by atoms with van der Waals surface area (Å²) in [6.45, 7) is 3.75. The molecular formula is C18H21N5O4S2. The van der Waals surface area contributed by atoms with Crippen molar-refractivity contribution in [3.63, 3.8) is 0 Å². The van der Waals surface area contributed by atoms with Crippen LogP contribution in [0.5, 0.6) is 5.75 Å².